The highest BCUT2D eigenvalue weighted by Gasteiger charge is 2.26. The van der Waals surface area contributed by atoms with Gasteiger partial charge >= 0.3 is 6.09 Å². The number of methoxy groups -OCH3 is 2. The standard InChI is InChI=1S/C28H35Cl2N5O5S/c1-28(2,3)40-27(37)32-17-8-7-9-34(15-17)10-11-35-24-16(14-31-26(33-24)41-6)12-18(25(35)36)21-22(29)19(38-4)13-20(39-5)23(21)30/h12-14,17H,7-11,15H2,1-6H3,(H,32,37)/t17-/m1/s1. The van der Waals surface area contributed by atoms with Gasteiger partial charge in [-0.2, -0.15) is 0 Å². The number of rotatable bonds is 8. The number of thioether (sulfide) groups is 1. The lowest BCUT2D eigenvalue weighted by Crippen LogP contribution is -2.49. The highest BCUT2D eigenvalue weighted by atomic mass is 35.5. The van der Waals surface area contributed by atoms with Crippen LogP contribution < -0.4 is 20.3 Å². The molecule has 10 nitrogen and oxygen atoms in total. The van der Waals surface area contributed by atoms with Crippen molar-refractivity contribution in [1.82, 2.24) is 24.8 Å². The SMILES string of the molecule is COc1cc(OC)c(Cl)c(-c2cc3cnc(SC)nc3n(CCN3CCC[C@@H](NC(=O)OC(C)(C)C)C3)c2=O)c1Cl. The molecule has 0 radical (unpaired) electrons. The van der Waals surface area contributed by atoms with E-state index in [1.54, 1.807) is 22.9 Å². The van der Waals surface area contributed by atoms with Crippen molar-refractivity contribution in [3.8, 4) is 22.6 Å². The molecule has 222 valence electrons. The molecule has 1 aliphatic rings. The normalized spacial score (nSPS) is 16.0. The number of carbonyl (C=O) groups is 1. The van der Waals surface area contributed by atoms with Gasteiger partial charge in [-0.25, -0.2) is 14.8 Å². The zero-order valence-corrected chi connectivity index (χ0v) is 26.4. The Labute approximate surface area is 253 Å². The largest absolute Gasteiger partial charge is 0.495 e. The van der Waals surface area contributed by atoms with Gasteiger partial charge in [0.25, 0.3) is 5.56 Å². The van der Waals surface area contributed by atoms with Crippen LogP contribution in [0.5, 0.6) is 11.5 Å². The van der Waals surface area contributed by atoms with Crippen molar-refractivity contribution < 1.29 is 19.0 Å². The highest BCUT2D eigenvalue weighted by molar-refractivity contribution is 7.98. The summed E-state index contributed by atoms with van der Waals surface area (Å²) in [5.74, 6) is 0.666. The van der Waals surface area contributed by atoms with Gasteiger partial charge in [0.2, 0.25) is 0 Å². The second-order valence-electron chi connectivity index (χ2n) is 10.7. The first-order valence-electron chi connectivity index (χ1n) is 13.2. The zero-order valence-electron chi connectivity index (χ0n) is 24.0. The van der Waals surface area contributed by atoms with E-state index in [4.69, 9.17) is 37.4 Å². The first-order chi connectivity index (χ1) is 19.4. The van der Waals surface area contributed by atoms with Gasteiger partial charge in [-0.3, -0.25) is 14.3 Å². The second kappa shape index (κ2) is 13.1. The quantitative estimate of drug-likeness (QED) is 0.257. The predicted octanol–water partition coefficient (Wildman–Crippen LogP) is 5.49. The van der Waals surface area contributed by atoms with Crippen LogP contribution in [0, 0.1) is 0 Å². The van der Waals surface area contributed by atoms with Gasteiger partial charge in [0.1, 0.15) is 22.7 Å². The molecule has 4 rings (SSSR count). The van der Waals surface area contributed by atoms with Crippen LogP contribution in [-0.4, -0.2) is 77.3 Å². The van der Waals surface area contributed by atoms with Gasteiger partial charge in [0, 0.05) is 48.9 Å². The monoisotopic (exact) mass is 623 g/mol. The molecule has 0 aliphatic carbocycles. The maximum absolute atomic E-state index is 14.1. The Morgan fingerprint density at radius 3 is 2.44 bits per heavy atom. The van der Waals surface area contributed by atoms with Crippen molar-refractivity contribution in [3.63, 3.8) is 0 Å². The maximum atomic E-state index is 14.1. The number of amides is 1. The molecule has 0 spiro atoms. The number of benzene rings is 1. The maximum Gasteiger partial charge on any atom is 0.407 e. The van der Waals surface area contributed by atoms with Crippen LogP contribution >= 0.6 is 35.0 Å². The first kappa shape index (κ1) is 31.2. The molecule has 1 aromatic carbocycles. The van der Waals surface area contributed by atoms with Crippen molar-refractivity contribution in [1.29, 1.82) is 0 Å². The summed E-state index contributed by atoms with van der Waals surface area (Å²) in [6, 6.07) is 3.23. The molecule has 41 heavy (non-hydrogen) atoms. The Kier molecular flexibility index (Phi) is 9.94. The van der Waals surface area contributed by atoms with E-state index in [2.05, 4.69) is 20.2 Å². The molecule has 1 fully saturated rings. The summed E-state index contributed by atoms with van der Waals surface area (Å²) in [7, 11) is 2.97. The Balaban J connectivity index is 1.70. The Bertz CT molecular complexity index is 1470. The van der Waals surface area contributed by atoms with Gasteiger partial charge in [0.05, 0.1) is 29.8 Å². The summed E-state index contributed by atoms with van der Waals surface area (Å²) >= 11 is 14.8. The average molecular weight is 625 g/mol. The molecule has 13 heteroatoms. The number of nitrogens with one attached hydrogen (secondary N) is 1. The second-order valence-corrected chi connectivity index (χ2v) is 12.2. The molecule has 1 saturated heterocycles. The van der Waals surface area contributed by atoms with Crippen LogP contribution in [0.2, 0.25) is 10.0 Å². The van der Waals surface area contributed by atoms with Crippen LogP contribution in [0.4, 0.5) is 4.79 Å². The Morgan fingerprint density at radius 2 is 1.83 bits per heavy atom. The van der Waals surface area contributed by atoms with E-state index in [9.17, 15) is 9.59 Å². The Morgan fingerprint density at radius 1 is 1.15 bits per heavy atom. The van der Waals surface area contributed by atoms with E-state index in [1.807, 2.05) is 27.0 Å². The van der Waals surface area contributed by atoms with Crippen LogP contribution in [0.1, 0.15) is 33.6 Å². The molecular formula is C28H35Cl2N5O5S. The van der Waals surface area contributed by atoms with E-state index >= 15 is 0 Å². The number of aromatic nitrogens is 3. The molecule has 1 aliphatic heterocycles. The predicted molar refractivity (Wildman–Crippen MR) is 163 cm³/mol. The van der Waals surface area contributed by atoms with Crippen LogP contribution in [0.25, 0.3) is 22.2 Å². The topological polar surface area (TPSA) is 108 Å². The molecule has 0 unspecified atom stereocenters. The van der Waals surface area contributed by atoms with Crippen LogP contribution in [0.3, 0.4) is 0 Å². The number of hydrogen-bond acceptors (Lipinski definition) is 9. The fourth-order valence-corrected chi connectivity index (χ4v) is 5.88. The molecule has 1 atom stereocenters. The number of ether oxygens (including phenoxy) is 3. The van der Waals surface area contributed by atoms with Crippen LogP contribution in [0.15, 0.2) is 28.3 Å². The zero-order chi connectivity index (χ0) is 29.9. The molecule has 1 N–H and O–H groups in total. The van der Waals surface area contributed by atoms with E-state index < -0.39 is 11.7 Å². The van der Waals surface area contributed by atoms with E-state index in [0.717, 1.165) is 19.4 Å². The minimum Gasteiger partial charge on any atom is -0.495 e. The highest BCUT2D eigenvalue weighted by Crippen LogP contribution is 2.45. The number of hydrogen-bond donors (Lipinski definition) is 1. The summed E-state index contributed by atoms with van der Waals surface area (Å²) in [6.07, 6.45) is 4.90. The summed E-state index contributed by atoms with van der Waals surface area (Å²) in [5, 5.41) is 4.60. The third-order valence-corrected chi connectivity index (χ3v) is 8.01. The number of alkyl carbamates (subject to hydrolysis) is 1. The number of fused-ring (bicyclic) bond motifs is 1. The van der Waals surface area contributed by atoms with Crippen molar-refractivity contribution in [3.05, 3.63) is 38.7 Å². The molecule has 1 amide bonds. The van der Waals surface area contributed by atoms with Crippen molar-refractivity contribution in [2.75, 3.05) is 40.1 Å². The van der Waals surface area contributed by atoms with Gasteiger partial charge in [-0.05, 0) is 52.5 Å². The lowest BCUT2D eigenvalue weighted by Gasteiger charge is -2.33. The van der Waals surface area contributed by atoms with Gasteiger partial charge in [-0.15, -0.1) is 0 Å². The molecule has 3 heterocycles. The number of halogens is 2. The lowest BCUT2D eigenvalue weighted by atomic mass is 10.0. The van der Waals surface area contributed by atoms with Gasteiger partial charge in [-0.1, -0.05) is 35.0 Å². The number of piperidine rings is 1. The van der Waals surface area contributed by atoms with E-state index in [1.165, 1.54) is 26.0 Å². The minimum atomic E-state index is -0.568. The van der Waals surface area contributed by atoms with Crippen molar-refractivity contribution in [2.24, 2.45) is 0 Å². The van der Waals surface area contributed by atoms with Gasteiger partial charge < -0.3 is 19.5 Å². The third kappa shape index (κ3) is 7.20. The average Bonchev–Trinajstić information content (AvgIpc) is 2.92. The lowest BCUT2D eigenvalue weighted by molar-refractivity contribution is 0.0471. The number of pyridine rings is 1. The van der Waals surface area contributed by atoms with Crippen LogP contribution in [-0.2, 0) is 11.3 Å². The smallest absolute Gasteiger partial charge is 0.407 e. The van der Waals surface area contributed by atoms with E-state index in [-0.39, 0.29) is 27.2 Å². The molecule has 3 aromatic rings. The number of nitrogens with zero attached hydrogens (tertiary/aromatic N) is 4. The van der Waals surface area contributed by atoms with Crippen molar-refractivity contribution >= 4 is 52.1 Å². The number of carbonyl (C=O) groups excluding carboxylic acids is 1. The summed E-state index contributed by atoms with van der Waals surface area (Å²) in [5.41, 5.74) is 0.248. The number of likely N-dealkylation sites (tertiary alicyclic amines) is 1. The summed E-state index contributed by atoms with van der Waals surface area (Å²) in [6.45, 7) is 7.91. The fraction of sp³-hybridized carbons (Fsp3) is 0.500. The third-order valence-electron chi connectivity index (χ3n) is 6.70. The molecule has 2 aromatic heterocycles. The Hall–Kier alpha value is -2.73. The fourth-order valence-electron chi connectivity index (χ4n) is 4.84. The van der Waals surface area contributed by atoms with Gasteiger partial charge in [0.15, 0.2) is 5.16 Å². The summed E-state index contributed by atoms with van der Waals surface area (Å²) < 4.78 is 17.9. The minimum absolute atomic E-state index is 0.0503. The van der Waals surface area contributed by atoms with E-state index in [0.29, 0.717) is 52.9 Å². The molecule has 0 bridgehead atoms. The molecule has 0 saturated carbocycles. The van der Waals surface area contributed by atoms with Crippen molar-refractivity contribution in [2.45, 2.75) is 57.0 Å². The first-order valence-corrected chi connectivity index (χ1v) is 15.2. The summed E-state index contributed by atoms with van der Waals surface area (Å²) in [4.78, 5) is 37.7. The molecular weight excluding hydrogens is 589 g/mol.